The van der Waals surface area contributed by atoms with Gasteiger partial charge in [-0.05, 0) is 146 Å². The molecule has 536 valence electrons. The van der Waals surface area contributed by atoms with Gasteiger partial charge in [-0.2, -0.15) is 0 Å². The van der Waals surface area contributed by atoms with Crippen LogP contribution < -0.4 is 0 Å². The summed E-state index contributed by atoms with van der Waals surface area (Å²) in [6.07, 6.45) is 0. The smallest absolute Gasteiger partial charge is 0.338 e. The largest absolute Gasteiger partial charge is 0.460 e. The number of ether oxygens (including phenoxy) is 15. The van der Waals surface area contributed by atoms with Gasteiger partial charge in [-0.25, -0.2) is 57.5 Å². The fraction of sp³-hybridized carbons (Fsp3) is 0.314. The van der Waals surface area contributed by atoms with Crippen LogP contribution in [0.1, 0.15) is 132 Å². The average Bonchev–Trinajstić information content (AvgIpc) is 1.12. The Morgan fingerprint density at radius 3 is 0.370 bits per heavy atom. The average molecular weight is 1400 g/mol. The molecule has 0 saturated carbocycles. The predicted molar refractivity (Wildman–Crippen MR) is 346 cm³/mol. The van der Waals surface area contributed by atoms with E-state index in [2.05, 4.69) is 0 Å². The quantitative estimate of drug-likeness (QED) is 0.0245. The van der Waals surface area contributed by atoms with Crippen LogP contribution in [0.3, 0.4) is 0 Å². The van der Waals surface area contributed by atoms with Crippen molar-refractivity contribution in [1.82, 2.24) is 0 Å². The van der Waals surface area contributed by atoms with Gasteiger partial charge in [-0.3, -0.25) is 0 Å². The molecule has 0 aromatic heterocycles. The molecule has 0 amide bonds. The van der Waals surface area contributed by atoms with E-state index >= 15 is 0 Å². The van der Waals surface area contributed by atoms with Crippen molar-refractivity contribution in [2.24, 2.45) is 0 Å². The molecular weight excluding hydrogens is 1320 g/mol. The number of methoxy groups -OCH3 is 3. The van der Waals surface area contributed by atoms with Gasteiger partial charge in [-0.15, -0.1) is 0 Å². The Labute approximate surface area is 573 Å². The minimum Gasteiger partial charge on any atom is -0.460 e. The Kier molecular flexibility index (Phi) is 39.5. The zero-order chi connectivity index (χ0) is 72.2. The van der Waals surface area contributed by atoms with Gasteiger partial charge in [0.25, 0.3) is 0 Å². The lowest BCUT2D eigenvalue weighted by atomic mass is 10.1. The molecule has 6 aromatic rings. The number of rotatable bonds is 36. The van der Waals surface area contributed by atoms with E-state index in [0.717, 1.165) is 0 Å². The Balaban J connectivity index is 0.000000425. The fourth-order valence-corrected chi connectivity index (χ4v) is 7.33. The Hall–Kier alpha value is -11.3. The predicted octanol–water partition coefficient (Wildman–Crippen LogP) is 5.59. The van der Waals surface area contributed by atoms with Crippen LogP contribution in [-0.4, -0.2) is 227 Å². The molecule has 6 rings (SSSR count). The summed E-state index contributed by atoms with van der Waals surface area (Å²) in [5.74, 6) is -7.47. The maximum Gasteiger partial charge on any atom is 0.338 e. The van der Waals surface area contributed by atoms with Gasteiger partial charge in [0, 0.05) is 21.3 Å². The number of carbonyl (C=O) groups excluding carboxylic acids is 12. The van der Waals surface area contributed by atoms with Gasteiger partial charge in [0.1, 0.15) is 79.3 Å². The highest BCUT2D eigenvalue weighted by molar-refractivity contribution is 5.97. The summed E-state index contributed by atoms with van der Waals surface area (Å²) in [6, 6.07) is 33.8. The fourth-order valence-electron chi connectivity index (χ4n) is 7.33. The first-order valence-corrected chi connectivity index (χ1v) is 29.8. The third kappa shape index (κ3) is 30.4. The van der Waals surface area contributed by atoms with Crippen molar-refractivity contribution in [2.45, 2.75) is 7.43 Å². The van der Waals surface area contributed by atoms with Crippen LogP contribution in [-0.2, 0) is 71.1 Å². The standard InChI is InChI=1S/C33H32O14.C23H24O10.C13H16O6.CH4/c1-41-16-17-43-29(36)23-6-8-25(9-7-23)31(38)45-20-21-47-33(40)27-12-10-26(11-13-27)32(39)46-19-18-44-30(37)24-4-2-22(3-5-24)28(35)42-15-14-34;1-29-12-13-31-21(26)17-6-8-19(9-7-17)23(28)33-15-14-32-22(27)18-4-2-16(3-5-18)20(25)30-11-10-24;1-17-8-9-19-13(16)11-4-2-10(3-5-11)12(15)18-7-6-14;/h2-13,34H,14-21H2,1H3;2-9,24H,10-15H2,1H3;2-5,14H,6-9H2,1H3;1H4. The summed E-state index contributed by atoms with van der Waals surface area (Å²) in [7, 11) is 4.49. The van der Waals surface area contributed by atoms with Gasteiger partial charge < -0.3 is 86.4 Å². The Bertz CT molecular complexity index is 3550. The minimum atomic E-state index is -0.713. The second-order valence-corrected chi connectivity index (χ2v) is 19.2. The van der Waals surface area contributed by atoms with Gasteiger partial charge >= 0.3 is 71.6 Å². The molecule has 0 saturated heterocycles. The second kappa shape index (κ2) is 47.6. The lowest BCUT2D eigenvalue weighted by Gasteiger charge is -2.09. The molecule has 0 unspecified atom stereocenters. The van der Waals surface area contributed by atoms with E-state index in [0.29, 0.717) is 17.7 Å². The molecule has 0 fully saturated rings. The summed E-state index contributed by atoms with van der Waals surface area (Å²) >= 11 is 0. The zero-order valence-electron chi connectivity index (χ0n) is 53.9. The summed E-state index contributed by atoms with van der Waals surface area (Å²) in [6.45, 7) is -1.09. The third-order valence-electron chi connectivity index (χ3n) is 12.3. The number of esters is 12. The number of hydrogen-bond donors (Lipinski definition) is 3. The van der Waals surface area contributed by atoms with Crippen LogP contribution >= 0.6 is 0 Å². The van der Waals surface area contributed by atoms with E-state index in [1.807, 2.05) is 0 Å². The van der Waals surface area contributed by atoms with Crippen molar-refractivity contribution < 1.29 is 144 Å². The molecule has 0 heterocycles. The summed E-state index contributed by atoms with van der Waals surface area (Å²) in [4.78, 5) is 143. The van der Waals surface area contributed by atoms with Crippen LogP contribution in [0.15, 0.2) is 146 Å². The third-order valence-corrected chi connectivity index (χ3v) is 12.3. The maximum atomic E-state index is 12.3. The molecule has 0 spiro atoms. The number of carbonyl (C=O) groups is 12. The Morgan fingerprint density at radius 1 is 0.190 bits per heavy atom. The van der Waals surface area contributed by atoms with E-state index in [-0.39, 0.29) is 175 Å². The van der Waals surface area contributed by atoms with Crippen molar-refractivity contribution in [2.75, 3.05) is 140 Å². The van der Waals surface area contributed by atoms with E-state index < -0.39 is 71.6 Å². The van der Waals surface area contributed by atoms with Crippen molar-refractivity contribution in [3.05, 3.63) is 212 Å². The highest BCUT2D eigenvalue weighted by atomic mass is 16.6. The van der Waals surface area contributed by atoms with Gasteiger partial charge in [0.05, 0.1) is 106 Å². The number of benzene rings is 6. The minimum absolute atomic E-state index is 0. The normalized spacial score (nSPS) is 10.1. The number of hydrogen-bond acceptors (Lipinski definition) is 30. The van der Waals surface area contributed by atoms with E-state index in [9.17, 15) is 57.5 Å². The van der Waals surface area contributed by atoms with Crippen LogP contribution in [0.2, 0.25) is 0 Å². The van der Waals surface area contributed by atoms with Crippen molar-refractivity contribution >= 4 is 71.6 Å². The molecular formula is C70H76O30. The number of aliphatic hydroxyl groups excluding tert-OH is 3. The van der Waals surface area contributed by atoms with Gasteiger partial charge in [0.15, 0.2) is 0 Å². The molecule has 0 aliphatic heterocycles. The summed E-state index contributed by atoms with van der Waals surface area (Å²) in [5, 5.41) is 25.9. The van der Waals surface area contributed by atoms with E-state index in [1.54, 1.807) is 0 Å². The lowest BCUT2D eigenvalue weighted by Crippen LogP contribution is -2.15. The molecule has 0 atom stereocenters. The molecule has 30 heteroatoms. The zero-order valence-corrected chi connectivity index (χ0v) is 53.9. The maximum absolute atomic E-state index is 12.3. The first kappa shape index (κ1) is 82.9. The highest BCUT2D eigenvalue weighted by Crippen LogP contribution is 2.14. The van der Waals surface area contributed by atoms with E-state index in [4.69, 9.17) is 86.4 Å². The van der Waals surface area contributed by atoms with Crippen LogP contribution in [0.25, 0.3) is 0 Å². The van der Waals surface area contributed by atoms with Crippen LogP contribution in [0.5, 0.6) is 0 Å². The lowest BCUT2D eigenvalue weighted by molar-refractivity contribution is 0.0263. The topological polar surface area (TPSA) is 404 Å². The highest BCUT2D eigenvalue weighted by Gasteiger charge is 2.18. The summed E-state index contributed by atoms with van der Waals surface area (Å²) < 4.78 is 74.0. The first-order valence-electron chi connectivity index (χ1n) is 29.8. The Morgan fingerprint density at radius 2 is 0.280 bits per heavy atom. The molecule has 3 N–H and O–H groups in total. The summed E-state index contributed by atoms with van der Waals surface area (Å²) in [5.41, 5.74) is 2.67. The first-order chi connectivity index (χ1) is 47.9. The molecule has 0 bridgehead atoms. The van der Waals surface area contributed by atoms with Crippen LogP contribution in [0, 0.1) is 0 Å². The molecule has 0 aliphatic rings. The molecule has 6 aromatic carbocycles. The van der Waals surface area contributed by atoms with Crippen molar-refractivity contribution in [3.8, 4) is 0 Å². The SMILES string of the molecule is C.COCCOC(=O)c1ccc(C(=O)OCCO)cc1.COCCOC(=O)c1ccc(C(=O)OCCOC(=O)c2ccc(C(=O)OCCO)cc2)cc1.COCCOC(=O)c1ccc(C(=O)OCCOC(=O)c2ccc(C(=O)OCCOC(=O)c3ccc(C(=O)OCCO)cc3)cc2)cc1. The molecule has 30 nitrogen and oxygen atoms in total. The van der Waals surface area contributed by atoms with Crippen molar-refractivity contribution in [3.63, 3.8) is 0 Å². The molecule has 0 aliphatic carbocycles. The van der Waals surface area contributed by atoms with E-state index in [1.165, 1.54) is 167 Å². The molecule has 0 radical (unpaired) electrons. The monoisotopic (exact) mass is 1400 g/mol. The number of aliphatic hydroxyl groups is 3. The van der Waals surface area contributed by atoms with Gasteiger partial charge in [0.2, 0.25) is 0 Å². The van der Waals surface area contributed by atoms with Gasteiger partial charge in [-0.1, -0.05) is 7.43 Å². The van der Waals surface area contributed by atoms with Crippen molar-refractivity contribution in [1.29, 1.82) is 0 Å². The molecule has 100 heavy (non-hydrogen) atoms. The second-order valence-electron chi connectivity index (χ2n) is 19.2. The van der Waals surface area contributed by atoms with Crippen LogP contribution in [0.4, 0.5) is 0 Å².